The molecule has 0 unspecified atom stereocenters. The van der Waals surface area contributed by atoms with E-state index >= 15 is 0 Å². The number of hydrogen-bond acceptors (Lipinski definition) is 4. The molecule has 1 aromatic carbocycles. The first-order valence-electron chi connectivity index (χ1n) is 7.63. The molecule has 5 nitrogen and oxygen atoms in total. The summed E-state index contributed by atoms with van der Waals surface area (Å²) in [6, 6.07) is 8.54. The molecule has 1 aliphatic carbocycles. The quantitative estimate of drug-likeness (QED) is 0.881. The van der Waals surface area contributed by atoms with Crippen LogP contribution < -0.4 is 15.7 Å². The average molecular weight is 301 g/mol. The van der Waals surface area contributed by atoms with Crippen molar-refractivity contribution in [3.05, 3.63) is 40.8 Å². The van der Waals surface area contributed by atoms with E-state index < -0.39 is 11.7 Å². The van der Waals surface area contributed by atoms with Gasteiger partial charge in [-0.25, -0.2) is 4.79 Å². The summed E-state index contributed by atoms with van der Waals surface area (Å²) < 4.78 is 10.8. The lowest BCUT2D eigenvalue weighted by atomic mass is 10.2. The number of carbonyl (C=O) groups excluding carboxylic acids is 1. The van der Waals surface area contributed by atoms with Gasteiger partial charge in [-0.1, -0.05) is 12.8 Å². The Morgan fingerprint density at radius 2 is 2.00 bits per heavy atom. The largest absolute Gasteiger partial charge is 0.481 e. The summed E-state index contributed by atoms with van der Waals surface area (Å²) in [4.78, 5) is 23.4. The fraction of sp³-hybridized carbons (Fsp3) is 0.412. The molecule has 116 valence electrons. The van der Waals surface area contributed by atoms with Gasteiger partial charge in [-0.3, -0.25) is 4.79 Å². The summed E-state index contributed by atoms with van der Waals surface area (Å²) in [6.45, 7) is 1.72. The summed E-state index contributed by atoms with van der Waals surface area (Å²) in [5, 5.41) is 3.82. The molecular formula is C17H19NO4. The van der Waals surface area contributed by atoms with Crippen LogP contribution in [0.5, 0.6) is 5.75 Å². The van der Waals surface area contributed by atoms with Gasteiger partial charge in [0.05, 0.1) is 0 Å². The number of amides is 1. The van der Waals surface area contributed by atoms with Crippen LogP contribution in [0, 0.1) is 0 Å². The summed E-state index contributed by atoms with van der Waals surface area (Å²) in [6.07, 6.45) is 3.83. The Bertz CT molecular complexity index is 731. The van der Waals surface area contributed by atoms with Gasteiger partial charge >= 0.3 is 5.63 Å². The maximum Gasteiger partial charge on any atom is 0.336 e. The van der Waals surface area contributed by atoms with E-state index in [9.17, 15) is 9.59 Å². The molecule has 3 rings (SSSR count). The van der Waals surface area contributed by atoms with E-state index in [4.69, 9.17) is 9.15 Å². The fourth-order valence-electron chi connectivity index (χ4n) is 2.76. The van der Waals surface area contributed by atoms with E-state index in [1.807, 2.05) is 0 Å². The van der Waals surface area contributed by atoms with Crippen LogP contribution >= 0.6 is 0 Å². The lowest BCUT2D eigenvalue weighted by molar-refractivity contribution is -0.127. The first-order valence-corrected chi connectivity index (χ1v) is 7.63. The van der Waals surface area contributed by atoms with Gasteiger partial charge < -0.3 is 14.5 Å². The smallest absolute Gasteiger partial charge is 0.336 e. The third-order valence-electron chi connectivity index (χ3n) is 3.98. The molecule has 1 heterocycles. The van der Waals surface area contributed by atoms with Crippen molar-refractivity contribution in [3.63, 3.8) is 0 Å². The standard InChI is InChI=1S/C17H19NO4/c1-11(17(20)18-13-4-2-3-5-13)21-14-8-6-12-7-9-16(19)22-15(12)10-14/h6-11,13H,2-5H2,1H3,(H,18,20)/t11-/m0/s1. The number of carbonyl (C=O) groups is 1. The van der Waals surface area contributed by atoms with Crippen molar-refractivity contribution >= 4 is 16.9 Å². The third-order valence-corrected chi connectivity index (χ3v) is 3.98. The number of ether oxygens (including phenoxy) is 1. The minimum atomic E-state index is -0.589. The molecule has 1 N–H and O–H groups in total. The van der Waals surface area contributed by atoms with Gasteiger partial charge in [0.15, 0.2) is 6.10 Å². The molecule has 2 aromatic rings. The highest BCUT2D eigenvalue weighted by molar-refractivity contribution is 5.81. The predicted octanol–water partition coefficient (Wildman–Crippen LogP) is 2.62. The number of benzene rings is 1. The van der Waals surface area contributed by atoms with E-state index in [0.717, 1.165) is 18.2 Å². The van der Waals surface area contributed by atoms with Crippen LogP contribution in [0.1, 0.15) is 32.6 Å². The maximum atomic E-state index is 12.1. The van der Waals surface area contributed by atoms with Crippen LogP contribution in [0.4, 0.5) is 0 Å². The summed E-state index contributed by atoms with van der Waals surface area (Å²) in [5.41, 5.74) is 0.0464. The fourth-order valence-corrected chi connectivity index (χ4v) is 2.76. The van der Waals surface area contributed by atoms with Crippen molar-refractivity contribution in [1.29, 1.82) is 0 Å². The summed E-state index contributed by atoms with van der Waals surface area (Å²) in [5.74, 6) is 0.400. The van der Waals surface area contributed by atoms with Crippen LogP contribution in [0.25, 0.3) is 11.0 Å². The van der Waals surface area contributed by atoms with Crippen molar-refractivity contribution in [3.8, 4) is 5.75 Å². The maximum absolute atomic E-state index is 12.1. The second-order valence-corrected chi connectivity index (χ2v) is 5.70. The van der Waals surface area contributed by atoms with Crippen LogP contribution in [0.2, 0.25) is 0 Å². The molecule has 0 bridgehead atoms. The van der Waals surface area contributed by atoms with Crippen LogP contribution in [0.3, 0.4) is 0 Å². The van der Waals surface area contributed by atoms with Gasteiger partial charge in [0, 0.05) is 23.6 Å². The molecule has 1 aliphatic rings. The van der Waals surface area contributed by atoms with Crippen molar-refractivity contribution in [2.24, 2.45) is 0 Å². The SMILES string of the molecule is C[C@H](Oc1ccc2ccc(=O)oc2c1)C(=O)NC1CCCC1. The van der Waals surface area contributed by atoms with Crippen LogP contribution in [-0.2, 0) is 4.79 Å². The lowest BCUT2D eigenvalue weighted by Gasteiger charge is -2.18. The molecule has 0 saturated heterocycles. The summed E-state index contributed by atoms with van der Waals surface area (Å²) in [7, 11) is 0. The van der Waals surface area contributed by atoms with E-state index in [-0.39, 0.29) is 11.9 Å². The normalized spacial score (nSPS) is 16.6. The van der Waals surface area contributed by atoms with Crippen molar-refractivity contribution in [1.82, 2.24) is 5.32 Å². The zero-order chi connectivity index (χ0) is 15.5. The number of fused-ring (bicyclic) bond motifs is 1. The Labute approximate surface area is 128 Å². The van der Waals surface area contributed by atoms with E-state index in [1.165, 1.54) is 18.9 Å². The van der Waals surface area contributed by atoms with Crippen molar-refractivity contribution in [2.45, 2.75) is 44.8 Å². The molecule has 1 amide bonds. The Balaban J connectivity index is 1.68. The highest BCUT2D eigenvalue weighted by Crippen LogP contribution is 2.21. The molecule has 1 atom stereocenters. The molecule has 0 aliphatic heterocycles. The van der Waals surface area contributed by atoms with Gasteiger partial charge in [-0.2, -0.15) is 0 Å². The number of nitrogens with one attached hydrogen (secondary N) is 1. The van der Waals surface area contributed by atoms with Crippen LogP contribution in [-0.4, -0.2) is 18.1 Å². The highest BCUT2D eigenvalue weighted by Gasteiger charge is 2.21. The lowest BCUT2D eigenvalue weighted by Crippen LogP contribution is -2.41. The van der Waals surface area contributed by atoms with E-state index in [2.05, 4.69) is 5.32 Å². The first-order chi connectivity index (χ1) is 10.6. The predicted molar refractivity (Wildman–Crippen MR) is 83.0 cm³/mol. The van der Waals surface area contributed by atoms with Crippen molar-refractivity contribution < 1.29 is 13.9 Å². The zero-order valence-corrected chi connectivity index (χ0v) is 12.5. The summed E-state index contributed by atoms with van der Waals surface area (Å²) >= 11 is 0. The molecular weight excluding hydrogens is 282 g/mol. The number of rotatable bonds is 4. The van der Waals surface area contributed by atoms with Gasteiger partial charge in [0.25, 0.3) is 5.91 Å². The van der Waals surface area contributed by atoms with Gasteiger partial charge in [-0.05, 0) is 38.0 Å². The number of hydrogen-bond donors (Lipinski definition) is 1. The van der Waals surface area contributed by atoms with E-state index in [0.29, 0.717) is 11.3 Å². The minimum Gasteiger partial charge on any atom is -0.481 e. The Hall–Kier alpha value is -2.30. The molecule has 0 spiro atoms. The minimum absolute atomic E-state index is 0.110. The Kier molecular flexibility index (Phi) is 4.13. The third kappa shape index (κ3) is 3.30. The monoisotopic (exact) mass is 301 g/mol. The zero-order valence-electron chi connectivity index (χ0n) is 12.5. The Morgan fingerprint density at radius 3 is 2.77 bits per heavy atom. The topological polar surface area (TPSA) is 68.5 Å². The first kappa shape index (κ1) is 14.6. The average Bonchev–Trinajstić information content (AvgIpc) is 2.99. The molecule has 1 saturated carbocycles. The molecule has 5 heteroatoms. The van der Waals surface area contributed by atoms with Gasteiger partial charge in [0.2, 0.25) is 0 Å². The van der Waals surface area contributed by atoms with Gasteiger partial charge in [-0.15, -0.1) is 0 Å². The second kappa shape index (κ2) is 6.22. The molecule has 1 aromatic heterocycles. The van der Waals surface area contributed by atoms with Crippen molar-refractivity contribution in [2.75, 3.05) is 0 Å². The highest BCUT2D eigenvalue weighted by atomic mass is 16.5. The van der Waals surface area contributed by atoms with Crippen LogP contribution in [0.15, 0.2) is 39.5 Å². The Morgan fingerprint density at radius 1 is 1.27 bits per heavy atom. The molecule has 0 radical (unpaired) electrons. The molecule has 1 fully saturated rings. The second-order valence-electron chi connectivity index (χ2n) is 5.70. The molecule has 22 heavy (non-hydrogen) atoms. The van der Waals surface area contributed by atoms with E-state index in [1.54, 1.807) is 31.2 Å². The van der Waals surface area contributed by atoms with Gasteiger partial charge in [0.1, 0.15) is 11.3 Å².